The van der Waals surface area contributed by atoms with Crippen LogP contribution in [0.2, 0.25) is 0 Å². The Balaban J connectivity index is 1.97. The van der Waals surface area contributed by atoms with Gasteiger partial charge in [-0.1, -0.05) is 28.1 Å². The fourth-order valence-electron chi connectivity index (χ4n) is 2.30. The van der Waals surface area contributed by atoms with Crippen molar-refractivity contribution >= 4 is 15.9 Å². The van der Waals surface area contributed by atoms with Crippen LogP contribution in [-0.2, 0) is 0 Å². The molecule has 0 saturated heterocycles. The maximum Gasteiger partial charge on any atom is 0.0693 e. The van der Waals surface area contributed by atoms with Crippen LogP contribution in [0.15, 0.2) is 28.7 Å². The van der Waals surface area contributed by atoms with Gasteiger partial charge in [-0.15, -0.1) is 0 Å². The summed E-state index contributed by atoms with van der Waals surface area (Å²) in [6.07, 6.45) is 2.98. The number of aliphatic hydroxyl groups is 1. The first-order valence-corrected chi connectivity index (χ1v) is 6.65. The van der Waals surface area contributed by atoms with Crippen LogP contribution in [-0.4, -0.2) is 17.3 Å². The van der Waals surface area contributed by atoms with Crippen molar-refractivity contribution in [1.82, 2.24) is 5.32 Å². The zero-order valence-corrected chi connectivity index (χ0v) is 11.1. The molecule has 2 N–H and O–H groups in total. The van der Waals surface area contributed by atoms with E-state index in [1.165, 1.54) is 5.56 Å². The Morgan fingerprint density at radius 1 is 1.31 bits per heavy atom. The predicted molar refractivity (Wildman–Crippen MR) is 69.3 cm³/mol. The molecule has 88 valence electrons. The van der Waals surface area contributed by atoms with Gasteiger partial charge in [0.1, 0.15) is 0 Å². The average Bonchev–Trinajstić information content (AvgIpc) is 2.65. The van der Waals surface area contributed by atoms with E-state index in [1.54, 1.807) is 0 Å². The lowest BCUT2D eigenvalue weighted by atomic mass is 10.1. The van der Waals surface area contributed by atoms with E-state index in [9.17, 15) is 5.11 Å². The van der Waals surface area contributed by atoms with Crippen molar-refractivity contribution in [1.29, 1.82) is 0 Å². The van der Waals surface area contributed by atoms with Crippen molar-refractivity contribution in [2.45, 2.75) is 44.4 Å². The number of nitrogens with one attached hydrogen (secondary N) is 1. The zero-order chi connectivity index (χ0) is 11.5. The van der Waals surface area contributed by atoms with E-state index in [1.807, 2.05) is 0 Å². The summed E-state index contributed by atoms with van der Waals surface area (Å²) in [5, 5.41) is 13.3. The second-order valence-electron chi connectivity index (χ2n) is 4.54. The van der Waals surface area contributed by atoms with Gasteiger partial charge in [0, 0.05) is 16.6 Å². The Hall–Kier alpha value is -0.380. The minimum atomic E-state index is -0.169. The van der Waals surface area contributed by atoms with Crippen LogP contribution in [0.3, 0.4) is 0 Å². The van der Waals surface area contributed by atoms with Gasteiger partial charge in [-0.3, -0.25) is 0 Å². The van der Waals surface area contributed by atoms with Crippen LogP contribution in [0, 0.1) is 0 Å². The molecule has 0 aliphatic heterocycles. The largest absolute Gasteiger partial charge is 0.392 e. The molecule has 16 heavy (non-hydrogen) atoms. The second-order valence-corrected chi connectivity index (χ2v) is 5.46. The van der Waals surface area contributed by atoms with E-state index in [0.29, 0.717) is 6.04 Å². The Morgan fingerprint density at radius 2 is 2.00 bits per heavy atom. The lowest BCUT2D eigenvalue weighted by Gasteiger charge is -2.22. The number of rotatable bonds is 3. The lowest BCUT2D eigenvalue weighted by Crippen LogP contribution is -2.37. The predicted octanol–water partition coefficient (Wildman–Crippen LogP) is 3.01. The highest BCUT2D eigenvalue weighted by Crippen LogP contribution is 2.23. The van der Waals surface area contributed by atoms with Gasteiger partial charge in [-0.05, 0) is 43.9 Å². The molecule has 1 saturated carbocycles. The van der Waals surface area contributed by atoms with Crippen LogP contribution in [0.1, 0.15) is 37.8 Å². The van der Waals surface area contributed by atoms with Crippen LogP contribution < -0.4 is 5.32 Å². The highest BCUT2D eigenvalue weighted by atomic mass is 79.9. The molecule has 2 nitrogen and oxygen atoms in total. The maximum absolute atomic E-state index is 9.76. The summed E-state index contributed by atoms with van der Waals surface area (Å²) >= 11 is 3.43. The molecule has 0 spiro atoms. The third-order valence-electron chi connectivity index (χ3n) is 3.31. The van der Waals surface area contributed by atoms with Crippen molar-refractivity contribution in [2.75, 3.05) is 0 Å². The van der Waals surface area contributed by atoms with Crippen LogP contribution in [0.5, 0.6) is 0 Å². The quantitative estimate of drug-likeness (QED) is 0.894. The van der Waals surface area contributed by atoms with E-state index in [-0.39, 0.29) is 12.1 Å². The third kappa shape index (κ3) is 2.84. The fourth-order valence-corrected chi connectivity index (χ4v) is 2.57. The van der Waals surface area contributed by atoms with Gasteiger partial charge in [0.25, 0.3) is 0 Å². The molecule has 1 aliphatic carbocycles. The van der Waals surface area contributed by atoms with Crippen molar-refractivity contribution in [3.8, 4) is 0 Å². The van der Waals surface area contributed by atoms with Gasteiger partial charge in [0.05, 0.1) is 6.10 Å². The highest BCUT2D eigenvalue weighted by molar-refractivity contribution is 9.10. The molecule has 1 aliphatic rings. The normalized spacial score (nSPS) is 26.9. The molecule has 0 radical (unpaired) electrons. The molecule has 1 aromatic carbocycles. The minimum Gasteiger partial charge on any atom is -0.392 e. The first-order valence-electron chi connectivity index (χ1n) is 5.86. The maximum atomic E-state index is 9.76. The summed E-state index contributed by atoms with van der Waals surface area (Å²) in [5.74, 6) is 0. The molecular formula is C13H18BrNO. The number of benzene rings is 1. The molecule has 0 bridgehead atoms. The number of halogens is 1. The van der Waals surface area contributed by atoms with Gasteiger partial charge in [0.15, 0.2) is 0 Å². The van der Waals surface area contributed by atoms with Crippen molar-refractivity contribution in [2.24, 2.45) is 0 Å². The van der Waals surface area contributed by atoms with Crippen molar-refractivity contribution in [3.05, 3.63) is 34.3 Å². The highest BCUT2D eigenvalue weighted by Gasteiger charge is 2.26. The van der Waals surface area contributed by atoms with E-state index >= 15 is 0 Å². The average molecular weight is 284 g/mol. The Labute approximate surface area is 105 Å². The summed E-state index contributed by atoms with van der Waals surface area (Å²) in [6.45, 7) is 2.15. The molecule has 0 unspecified atom stereocenters. The number of hydrogen-bond acceptors (Lipinski definition) is 2. The summed E-state index contributed by atoms with van der Waals surface area (Å²) in [6, 6.07) is 8.90. The molecule has 0 amide bonds. The number of hydrogen-bond donors (Lipinski definition) is 2. The van der Waals surface area contributed by atoms with E-state index in [0.717, 1.165) is 23.7 Å². The second kappa shape index (κ2) is 5.30. The first kappa shape index (κ1) is 12.1. The van der Waals surface area contributed by atoms with E-state index < -0.39 is 0 Å². The standard InChI is InChI=1S/C13H18BrNO/c1-9(10-5-7-11(14)8-6-10)15-12-3-2-4-13(12)16/h5-9,12-13,15-16H,2-4H2,1H3/t9-,12+,13+/m1/s1. The monoisotopic (exact) mass is 283 g/mol. The molecule has 3 atom stereocenters. The topological polar surface area (TPSA) is 32.3 Å². The smallest absolute Gasteiger partial charge is 0.0693 e. The lowest BCUT2D eigenvalue weighted by molar-refractivity contribution is 0.144. The molecule has 1 aromatic rings. The van der Waals surface area contributed by atoms with Gasteiger partial charge in [-0.25, -0.2) is 0 Å². The van der Waals surface area contributed by atoms with Gasteiger partial charge in [0.2, 0.25) is 0 Å². The summed E-state index contributed by atoms with van der Waals surface area (Å²) in [4.78, 5) is 0. The summed E-state index contributed by atoms with van der Waals surface area (Å²) in [7, 11) is 0. The SMILES string of the molecule is C[C@@H](N[C@H]1CCC[C@@H]1O)c1ccc(Br)cc1. The Kier molecular flexibility index (Phi) is 4.00. The molecule has 1 fully saturated rings. The Morgan fingerprint density at radius 3 is 2.56 bits per heavy atom. The van der Waals surface area contributed by atoms with Gasteiger partial charge >= 0.3 is 0 Å². The molecular weight excluding hydrogens is 266 g/mol. The molecule has 3 heteroatoms. The Bertz CT molecular complexity index is 338. The van der Waals surface area contributed by atoms with Gasteiger partial charge < -0.3 is 10.4 Å². The first-order chi connectivity index (χ1) is 7.66. The van der Waals surface area contributed by atoms with E-state index in [2.05, 4.69) is 52.4 Å². The van der Waals surface area contributed by atoms with Crippen LogP contribution >= 0.6 is 15.9 Å². The fraction of sp³-hybridized carbons (Fsp3) is 0.538. The van der Waals surface area contributed by atoms with Gasteiger partial charge in [-0.2, -0.15) is 0 Å². The minimum absolute atomic E-state index is 0.169. The van der Waals surface area contributed by atoms with Crippen molar-refractivity contribution < 1.29 is 5.11 Å². The third-order valence-corrected chi connectivity index (χ3v) is 3.84. The van der Waals surface area contributed by atoms with Crippen LogP contribution in [0.4, 0.5) is 0 Å². The summed E-state index contributed by atoms with van der Waals surface area (Å²) in [5.41, 5.74) is 1.27. The summed E-state index contributed by atoms with van der Waals surface area (Å²) < 4.78 is 1.10. The van der Waals surface area contributed by atoms with Crippen LogP contribution in [0.25, 0.3) is 0 Å². The number of aliphatic hydroxyl groups excluding tert-OH is 1. The zero-order valence-electron chi connectivity index (χ0n) is 9.49. The molecule has 0 aromatic heterocycles. The molecule has 0 heterocycles. The molecule has 2 rings (SSSR count). The van der Waals surface area contributed by atoms with Crippen molar-refractivity contribution in [3.63, 3.8) is 0 Å². The van der Waals surface area contributed by atoms with E-state index in [4.69, 9.17) is 0 Å².